The molecule has 0 unspecified atom stereocenters. The second-order valence-electron chi connectivity index (χ2n) is 8.95. The van der Waals surface area contributed by atoms with Crippen LogP contribution < -0.4 is 5.32 Å². The van der Waals surface area contributed by atoms with Crippen LogP contribution in [0.2, 0.25) is 0 Å². The summed E-state index contributed by atoms with van der Waals surface area (Å²) in [5.41, 5.74) is 4.83. The van der Waals surface area contributed by atoms with E-state index in [0.29, 0.717) is 11.5 Å². The van der Waals surface area contributed by atoms with Gasteiger partial charge in [0, 0.05) is 35.1 Å². The van der Waals surface area contributed by atoms with E-state index in [0.717, 1.165) is 29.1 Å². The molecule has 1 aliphatic rings. The van der Waals surface area contributed by atoms with Crippen LogP contribution in [-0.2, 0) is 6.42 Å². The minimum atomic E-state index is -0.287. The number of aryl methyl sites for hydroxylation is 1. The molecule has 4 rings (SSSR count). The Kier molecular flexibility index (Phi) is 5.03. The van der Waals surface area contributed by atoms with Gasteiger partial charge in [0.05, 0.1) is 0 Å². The lowest BCUT2D eigenvalue weighted by Gasteiger charge is -2.21. The van der Waals surface area contributed by atoms with E-state index in [1.165, 1.54) is 18.4 Å². The van der Waals surface area contributed by atoms with Crippen molar-refractivity contribution >= 4 is 5.91 Å². The molecule has 1 fully saturated rings. The summed E-state index contributed by atoms with van der Waals surface area (Å²) in [5, 5.41) is 3.09. The van der Waals surface area contributed by atoms with Gasteiger partial charge in [0.2, 0.25) is 0 Å². The van der Waals surface area contributed by atoms with Crippen molar-refractivity contribution < 1.29 is 4.79 Å². The predicted octanol–water partition coefficient (Wildman–Crippen LogP) is 5.51. The topological polar surface area (TPSA) is 46.9 Å². The summed E-state index contributed by atoms with van der Waals surface area (Å²) >= 11 is 0. The standard InChI is InChI=1S/C25H29N3O/c1-5-17-6-8-18(9-7-17)20-14-21(24(29)27-25(2,3)4)16-22(15-20)28-13-12-26-23(28)19-10-11-19/h6-9,12-16,19H,5,10-11H2,1-4H3,(H,27,29). The van der Waals surface area contributed by atoms with E-state index in [1.807, 2.05) is 45.3 Å². The number of carbonyl (C=O) groups is 1. The highest BCUT2D eigenvalue weighted by molar-refractivity contribution is 5.96. The zero-order valence-electron chi connectivity index (χ0n) is 17.7. The first-order valence-corrected chi connectivity index (χ1v) is 10.4. The van der Waals surface area contributed by atoms with Crippen LogP contribution in [0.5, 0.6) is 0 Å². The van der Waals surface area contributed by atoms with Crippen LogP contribution in [0.25, 0.3) is 16.8 Å². The number of amides is 1. The Hall–Kier alpha value is -2.88. The highest BCUT2D eigenvalue weighted by atomic mass is 16.1. The summed E-state index contributed by atoms with van der Waals surface area (Å²) in [5.74, 6) is 1.56. The summed E-state index contributed by atoms with van der Waals surface area (Å²) in [6.45, 7) is 8.16. The Balaban J connectivity index is 1.80. The van der Waals surface area contributed by atoms with Crippen molar-refractivity contribution in [3.8, 4) is 16.8 Å². The molecular weight excluding hydrogens is 358 g/mol. The van der Waals surface area contributed by atoms with Crippen LogP contribution >= 0.6 is 0 Å². The molecule has 29 heavy (non-hydrogen) atoms. The average molecular weight is 388 g/mol. The van der Waals surface area contributed by atoms with E-state index >= 15 is 0 Å². The van der Waals surface area contributed by atoms with Gasteiger partial charge in [-0.2, -0.15) is 0 Å². The fourth-order valence-corrected chi connectivity index (χ4v) is 3.57. The highest BCUT2D eigenvalue weighted by Crippen LogP contribution is 2.40. The summed E-state index contributed by atoms with van der Waals surface area (Å²) < 4.78 is 2.13. The molecule has 0 radical (unpaired) electrons. The third kappa shape index (κ3) is 4.42. The van der Waals surface area contributed by atoms with Crippen molar-refractivity contribution in [3.63, 3.8) is 0 Å². The van der Waals surface area contributed by atoms with Crippen LogP contribution in [0, 0.1) is 0 Å². The monoisotopic (exact) mass is 387 g/mol. The first-order valence-electron chi connectivity index (χ1n) is 10.4. The van der Waals surface area contributed by atoms with Gasteiger partial charge in [-0.1, -0.05) is 31.2 Å². The lowest BCUT2D eigenvalue weighted by atomic mass is 9.99. The maximum atomic E-state index is 13.0. The molecular formula is C25H29N3O. The molecule has 2 aromatic carbocycles. The van der Waals surface area contributed by atoms with E-state index in [2.05, 4.69) is 52.1 Å². The molecule has 4 nitrogen and oxygen atoms in total. The first-order chi connectivity index (χ1) is 13.8. The summed E-state index contributed by atoms with van der Waals surface area (Å²) in [6.07, 6.45) is 7.24. The Bertz CT molecular complexity index is 1020. The number of nitrogens with zero attached hydrogens (tertiary/aromatic N) is 2. The number of imidazole rings is 1. The second kappa shape index (κ2) is 7.51. The molecule has 0 spiro atoms. The van der Waals surface area contributed by atoms with Crippen molar-refractivity contribution in [1.82, 2.24) is 14.9 Å². The fraction of sp³-hybridized carbons (Fsp3) is 0.360. The van der Waals surface area contributed by atoms with Gasteiger partial charge in [-0.05, 0) is 74.9 Å². The molecule has 0 aliphatic heterocycles. The number of carbonyl (C=O) groups excluding carboxylic acids is 1. The second-order valence-corrected chi connectivity index (χ2v) is 8.95. The smallest absolute Gasteiger partial charge is 0.251 e. The normalized spacial score (nSPS) is 14.1. The van der Waals surface area contributed by atoms with Crippen LogP contribution in [0.1, 0.15) is 68.2 Å². The highest BCUT2D eigenvalue weighted by Gasteiger charge is 2.28. The third-order valence-electron chi connectivity index (χ3n) is 5.25. The Morgan fingerprint density at radius 2 is 1.83 bits per heavy atom. The minimum absolute atomic E-state index is 0.0566. The quantitative estimate of drug-likeness (QED) is 0.628. The molecule has 1 aliphatic carbocycles. The van der Waals surface area contributed by atoms with Crippen LogP contribution in [0.15, 0.2) is 54.9 Å². The minimum Gasteiger partial charge on any atom is -0.347 e. The largest absolute Gasteiger partial charge is 0.347 e. The lowest BCUT2D eigenvalue weighted by molar-refractivity contribution is 0.0919. The lowest BCUT2D eigenvalue weighted by Crippen LogP contribution is -2.40. The van der Waals surface area contributed by atoms with Gasteiger partial charge >= 0.3 is 0 Å². The summed E-state index contributed by atoms with van der Waals surface area (Å²) in [4.78, 5) is 17.5. The Morgan fingerprint density at radius 3 is 2.45 bits per heavy atom. The number of aromatic nitrogens is 2. The van der Waals surface area contributed by atoms with Gasteiger partial charge in [0.25, 0.3) is 5.91 Å². The molecule has 1 aromatic heterocycles. The molecule has 3 aromatic rings. The number of hydrogen-bond donors (Lipinski definition) is 1. The zero-order chi connectivity index (χ0) is 20.6. The van der Waals surface area contributed by atoms with Crippen LogP contribution in [-0.4, -0.2) is 21.0 Å². The number of nitrogens with one attached hydrogen (secondary N) is 1. The van der Waals surface area contributed by atoms with Crippen molar-refractivity contribution in [2.45, 2.75) is 58.4 Å². The van der Waals surface area contributed by atoms with E-state index < -0.39 is 0 Å². The fourth-order valence-electron chi connectivity index (χ4n) is 3.57. The van der Waals surface area contributed by atoms with Gasteiger partial charge in [-0.25, -0.2) is 4.98 Å². The number of benzene rings is 2. The van der Waals surface area contributed by atoms with Gasteiger partial charge in [-0.15, -0.1) is 0 Å². The van der Waals surface area contributed by atoms with E-state index in [9.17, 15) is 4.79 Å². The molecule has 150 valence electrons. The molecule has 1 saturated carbocycles. The van der Waals surface area contributed by atoms with Gasteiger partial charge in [-0.3, -0.25) is 4.79 Å². The van der Waals surface area contributed by atoms with E-state index in [-0.39, 0.29) is 11.4 Å². The number of rotatable bonds is 5. The van der Waals surface area contributed by atoms with E-state index in [1.54, 1.807) is 0 Å². The third-order valence-corrected chi connectivity index (χ3v) is 5.25. The van der Waals surface area contributed by atoms with Gasteiger partial charge < -0.3 is 9.88 Å². The summed E-state index contributed by atoms with van der Waals surface area (Å²) in [7, 11) is 0. The van der Waals surface area contributed by atoms with Crippen molar-refractivity contribution in [3.05, 3.63) is 71.8 Å². The number of hydrogen-bond acceptors (Lipinski definition) is 2. The molecule has 1 amide bonds. The van der Waals surface area contributed by atoms with Crippen LogP contribution in [0.4, 0.5) is 0 Å². The van der Waals surface area contributed by atoms with Crippen molar-refractivity contribution in [1.29, 1.82) is 0 Å². The van der Waals surface area contributed by atoms with Crippen molar-refractivity contribution in [2.24, 2.45) is 0 Å². The summed E-state index contributed by atoms with van der Waals surface area (Å²) in [6, 6.07) is 14.7. The van der Waals surface area contributed by atoms with E-state index in [4.69, 9.17) is 0 Å². The predicted molar refractivity (Wildman–Crippen MR) is 118 cm³/mol. The first kappa shape index (κ1) is 19.4. The SMILES string of the molecule is CCc1ccc(-c2cc(C(=O)NC(C)(C)C)cc(-n3ccnc3C3CC3)c2)cc1. The average Bonchev–Trinajstić information content (AvgIpc) is 3.42. The van der Waals surface area contributed by atoms with Crippen LogP contribution in [0.3, 0.4) is 0 Å². The molecule has 0 bridgehead atoms. The Morgan fingerprint density at radius 1 is 1.10 bits per heavy atom. The molecule has 4 heteroatoms. The molecule has 1 N–H and O–H groups in total. The van der Waals surface area contributed by atoms with Gasteiger partial charge in [0.15, 0.2) is 0 Å². The van der Waals surface area contributed by atoms with Gasteiger partial charge in [0.1, 0.15) is 5.82 Å². The maximum Gasteiger partial charge on any atom is 0.251 e. The Labute approximate surface area is 173 Å². The molecule has 0 saturated heterocycles. The zero-order valence-corrected chi connectivity index (χ0v) is 17.7. The molecule has 0 atom stereocenters. The molecule has 1 heterocycles. The maximum absolute atomic E-state index is 13.0. The van der Waals surface area contributed by atoms with Crippen molar-refractivity contribution in [2.75, 3.05) is 0 Å².